The van der Waals surface area contributed by atoms with E-state index in [9.17, 15) is 0 Å². The SMILES string of the molecule is CC1(C)CCCN1CCC1(CN)CCC1. The zero-order valence-corrected chi connectivity index (χ0v) is 10.4. The van der Waals surface area contributed by atoms with Crippen molar-refractivity contribution in [2.75, 3.05) is 19.6 Å². The summed E-state index contributed by atoms with van der Waals surface area (Å²) in [5.74, 6) is 0. The van der Waals surface area contributed by atoms with E-state index in [0.717, 1.165) is 6.54 Å². The van der Waals surface area contributed by atoms with Crippen LogP contribution in [0.4, 0.5) is 0 Å². The van der Waals surface area contributed by atoms with Crippen molar-refractivity contribution >= 4 is 0 Å². The summed E-state index contributed by atoms with van der Waals surface area (Å²) >= 11 is 0. The van der Waals surface area contributed by atoms with E-state index in [1.54, 1.807) is 0 Å². The summed E-state index contributed by atoms with van der Waals surface area (Å²) in [6.07, 6.45) is 8.22. The second-order valence-corrected chi connectivity index (χ2v) is 6.21. The number of nitrogens with zero attached hydrogens (tertiary/aromatic N) is 1. The van der Waals surface area contributed by atoms with Crippen LogP contribution in [-0.4, -0.2) is 30.1 Å². The van der Waals surface area contributed by atoms with E-state index in [4.69, 9.17) is 5.73 Å². The van der Waals surface area contributed by atoms with Gasteiger partial charge in [0.1, 0.15) is 0 Å². The minimum atomic E-state index is 0.444. The van der Waals surface area contributed by atoms with E-state index >= 15 is 0 Å². The van der Waals surface area contributed by atoms with Gasteiger partial charge in [0, 0.05) is 5.54 Å². The van der Waals surface area contributed by atoms with Crippen molar-refractivity contribution in [3.05, 3.63) is 0 Å². The van der Waals surface area contributed by atoms with Crippen LogP contribution in [0.15, 0.2) is 0 Å². The van der Waals surface area contributed by atoms with Crippen LogP contribution in [0.25, 0.3) is 0 Å². The minimum Gasteiger partial charge on any atom is -0.330 e. The summed E-state index contributed by atoms with van der Waals surface area (Å²) in [5, 5.41) is 0. The van der Waals surface area contributed by atoms with Crippen LogP contribution < -0.4 is 5.73 Å². The average molecular weight is 210 g/mol. The molecule has 2 aliphatic rings. The molecule has 2 rings (SSSR count). The third-order valence-corrected chi connectivity index (χ3v) is 4.83. The minimum absolute atomic E-state index is 0.444. The van der Waals surface area contributed by atoms with Gasteiger partial charge in [-0.15, -0.1) is 0 Å². The fourth-order valence-corrected chi connectivity index (χ4v) is 3.18. The van der Waals surface area contributed by atoms with Gasteiger partial charge in [-0.25, -0.2) is 0 Å². The molecule has 0 unspecified atom stereocenters. The molecule has 0 aromatic carbocycles. The molecule has 0 amide bonds. The van der Waals surface area contributed by atoms with Gasteiger partial charge in [-0.1, -0.05) is 6.42 Å². The maximum Gasteiger partial charge on any atom is 0.0153 e. The maximum atomic E-state index is 5.90. The Morgan fingerprint density at radius 3 is 2.27 bits per heavy atom. The third-order valence-electron chi connectivity index (χ3n) is 4.83. The topological polar surface area (TPSA) is 29.3 Å². The first-order chi connectivity index (χ1) is 7.08. The van der Waals surface area contributed by atoms with Crippen LogP contribution in [0.5, 0.6) is 0 Å². The highest BCUT2D eigenvalue weighted by Crippen LogP contribution is 2.43. The number of rotatable bonds is 4. The number of nitrogens with two attached hydrogens (primary N) is 1. The quantitative estimate of drug-likeness (QED) is 0.772. The smallest absolute Gasteiger partial charge is 0.0153 e. The van der Waals surface area contributed by atoms with Crippen LogP contribution in [0.2, 0.25) is 0 Å². The molecule has 2 heteroatoms. The molecule has 0 spiro atoms. The van der Waals surface area contributed by atoms with Gasteiger partial charge in [0.25, 0.3) is 0 Å². The normalized spacial score (nSPS) is 29.0. The largest absolute Gasteiger partial charge is 0.330 e. The van der Waals surface area contributed by atoms with E-state index in [1.165, 1.54) is 51.6 Å². The first-order valence-corrected chi connectivity index (χ1v) is 6.53. The first kappa shape index (κ1) is 11.4. The molecule has 2 N–H and O–H groups in total. The summed E-state index contributed by atoms with van der Waals surface area (Å²) in [4.78, 5) is 2.67. The molecule has 0 radical (unpaired) electrons. The second kappa shape index (κ2) is 4.06. The van der Waals surface area contributed by atoms with Crippen molar-refractivity contribution in [2.45, 2.75) is 57.9 Å². The molecular weight excluding hydrogens is 184 g/mol. The summed E-state index contributed by atoms with van der Waals surface area (Å²) in [5.41, 5.74) is 6.87. The molecule has 1 aliphatic carbocycles. The molecule has 0 bridgehead atoms. The van der Waals surface area contributed by atoms with E-state index < -0.39 is 0 Å². The summed E-state index contributed by atoms with van der Waals surface area (Å²) in [7, 11) is 0. The standard InChI is InChI=1S/C13H26N2/c1-12(2)5-4-9-15(12)10-8-13(11-14)6-3-7-13/h3-11,14H2,1-2H3. The molecule has 0 aromatic rings. The maximum absolute atomic E-state index is 5.90. The Morgan fingerprint density at radius 1 is 1.13 bits per heavy atom. The zero-order chi connectivity index (χ0) is 10.9. The average Bonchev–Trinajstić information content (AvgIpc) is 2.45. The van der Waals surface area contributed by atoms with Crippen molar-refractivity contribution in [3.63, 3.8) is 0 Å². The lowest BCUT2D eigenvalue weighted by atomic mass is 9.66. The highest BCUT2D eigenvalue weighted by Gasteiger charge is 2.38. The lowest BCUT2D eigenvalue weighted by Crippen LogP contribution is -2.44. The van der Waals surface area contributed by atoms with Gasteiger partial charge in [-0.2, -0.15) is 0 Å². The second-order valence-electron chi connectivity index (χ2n) is 6.21. The predicted molar refractivity (Wildman–Crippen MR) is 64.8 cm³/mol. The summed E-state index contributed by atoms with van der Waals surface area (Å²) < 4.78 is 0. The molecule has 88 valence electrons. The molecule has 0 atom stereocenters. The molecule has 2 nitrogen and oxygen atoms in total. The molecule has 1 saturated heterocycles. The fraction of sp³-hybridized carbons (Fsp3) is 1.00. The van der Waals surface area contributed by atoms with Crippen LogP contribution >= 0.6 is 0 Å². The van der Waals surface area contributed by atoms with Gasteiger partial charge in [0.2, 0.25) is 0 Å². The van der Waals surface area contributed by atoms with Crippen LogP contribution in [0.3, 0.4) is 0 Å². The van der Waals surface area contributed by atoms with Crippen molar-refractivity contribution in [1.29, 1.82) is 0 Å². The Hall–Kier alpha value is -0.0800. The van der Waals surface area contributed by atoms with Crippen LogP contribution in [0, 0.1) is 5.41 Å². The summed E-state index contributed by atoms with van der Waals surface area (Å²) in [6, 6.07) is 0. The Morgan fingerprint density at radius 2 is 1.87 bits per heavy atom. The number of hydrogen-bond acceptors (Lipinski definition) is 2. The fourth-order valence-electron chi connectivity index (χ4n) is 3.18. The molecule has 15 heavy (non-hydrogen) atoms. The lowest BCUT2D eigenvalue weighted by molar-refractivity contribution is 0.0854. The molecular formula is C13H26N2. The predicted octanol–water partition coefficient (Wildman–Crippen LogP) is 2.38. The monoisotopic (exact) mass is 210 g/mol. The lowest BCUT2D eigenvalue weighted by Gasteiger charge is -2.43. The van der Waals surface area contributed by atoms with Gasteiger partial charge in [-0.3, -0.25) is 4.90 Å². The van der Waals surface area contributed by atoms with Gasteiger partial charge < -0.3 is 5.73 Å². The Kier molecular flexibility index (Phi) is 3.09. The van der Waals surface area contributed by atoms with E-state index in [0.29, 0.717) is 11.0 Å². The highest BCUT2D eigenvalue weighted by molar-refractivity contribution is 4.93. The van der Waals surface area contributed by atoms with Gasteiger partial charge in [-0.05, 0) is 71.0 Å². The van der Waals surface area contributed by atoms with E-state index in [2.05, 4.69) is 18.7 Å². The van der Waals surface area contributed by atoms with Crippen LogP contribution in [-0.2, 0) is 0 Å². The van der Waals surface area contributed by atoms with Crippen molar-refractivity contribution in [1.82, 2.24) is 4.90 Å². The molecule has 0 aromatic heterocycles. The van der Waals surface area contributed by atoms with Crippen LogP contribution in [0.1, 0.15) is 52.4 Å². The Labute approximate surface area is 94.2 Å². The molecule has 1 aliphatic heterocycles. The highest BCUT2D eigenvalue weighted by atomic mass is 15.2. The summed E-state index contributed by atoms with van der Waals surface area (Å²) in [6.45, 7) is 8.24. The van der Waals surface area contributed by atoms with Gasteiger partial charge >= 0.3 is 0 Å². The first-order valence-electron chi connectivity index (χ1n) is 6.53. The van der Waals surface area contributed by atoms with Gasteiger partial charge in [0.15, 0.2) is 0 Å². The Bertz CT molecular complexity index is 213. The van der Waals surface area contributed by atoms with Crippen molar-refractivity contribution < 1.29 is 0 Å². The van der Waals surface area contributed by atoms with Gasteiger partial charge in [0.05, 0.1) is 0 Å². The van der Waals surface area contributed by atoms with Crippen molar-refractivity contribution in [3.8, 4) is 0 Å². The molecule has 1 heterocycles. The van der Waals surface area contributed by atoms with E-state index in [-0.39, 0.29) is 0 Å². The number of hydrogen-bond donors (Lipinski definition) is 1. The molecule has 2 fully saturated rings. The number of likely N-dealkylation sites (tertiary alicyclic amines) is 1. The Balaban J connectivity index is 1.82. The van der Waals surface area contributed by atoms with E-state index in [1.807, 2.05) is 0 Å². The van der Waals surface area contributed by atoms with Crippen molar-refractivity contribution in [2.24, 2.45) is 11.1 Å². The zero-order valence-electron chi connectivity index (χ0n) is 10.4. The molecule has 1 saturated carbocycles. The third kappa shape index (κ3) is 2.21.